The number of anilines is 1. The molecule has 1 aromatic rings. The van der Waals surface area contributed by atoms with Gasteiger partial charge >= 0.3 is 0 Å². The van der Waals surface area contributed by atoms with Crippen molar-refractivity contribution in [3.05, 3.63) is 29.8 Å². The summed E-state index contributed by atoms with van der Waals surface area (Å²) in [6.07, 6.45) is -0.388. The summed E-state index contributed by atoms with van der Waals surface area (Å²) in [5.41, 5.74) is 2.15. The smallest absolute Gasteiger partial charge is 0.0761 e. The van der Waals surface area contributed by atoms with Gasteiger partial charge in [0, 0.05) is 25.8 Å². The van der Waals surface area contributed by atoms with Crippen molar-refractivity contribution in [2.45, 2.75) is 13.0 Å². The maximum absolute atomic E-state index is 9.41. The first kappa shape index (κ1) is 13.0. The van der Waals surface area contributed by atoms with E-state index in [1.165, 1.54) is 5.69 Å². The third-order valence-electron chi connectivity index (χ3n) is 2.70. The first-order valence-corrected chi connectivity index (χ1v) is 5.64. The predicted octanol–water partition coefficient (Wildman–Crippen LogP) is 1.74. The zero-order valence-electron chi connectivity index (χ0n) is 10.6. The molecule has 1 atom stereocenters. The molecule has 0 aromatic heterocycles. The number of aliphatic hydroxyl groups is 1. The van der Waals surface area contributed by atoms with Crippen LogP contribution in [-0.4, -0.2) is 44.2 Å². The molecule has 0 radical (unpaired) electrons. The van der Waals surface area contributed by atoms with E-state index < -0.39 is 0 Å². The standard InChI is InChI=1S/C13H22N2O/c1-11(16)12-5-7-13(8-6-12)15(4)10-9-14(2)3/h5-8,11,16H,9-10H2,1-4H3/t11-/m0/s1. The van der Waals surface area contributed by atoms with E-state index in [0.717, 1.165) is 18.7 Å². The van der Waals surface area contributed by atoms with Crippen LogP contribution in [0.3, 0.4) is 0 Å². The summed E-state index contributed by atoms with van der Waals surface area (Å²) in [6.45, 7) is 3.82. The molecule has 0 aliphatic carbocycles. The molecule has 0 aliphatic heterocycles. The number of nitrogens with zero attached hydrogens (tertiary/aromatic N) is 2. The predicted molar refractivity (Wildman–Crippen MR) is 68.9 cm³/mol. The van der Waals surface area contributed by atoms with E-state index in [9.17, 15) is 5.11 Å². The Hall–Kier alpha value is -1.06. The van der Waals surface area contributed by atoms with Crippen LogP contribution in [0.4, 0.5) is 5.69 Å². The summed E-state index contributed by atoms with van der Waals surface area (Å²) in [6, 6.07) is 8.06. The van der Waals surface area contributed by atoms with E-state index >= 15 is 0 Å². The van der Waals surface area contributed by atoms with Crippen molar-refractivity contribution >= 4 is 5.69 Å². The quantitative estimate of drug-likeness (QED) is 0.822. The Kier molecular flexibility index (Phi) is 4.77. The second-order valence-electron chi connectivity index (χ2n) is 4.49. The molecule has 0 heterocycles. The van der Waals surface area contributed by atoms with Crippen molar-refractivity contribution in [1.29, 1.82) is 0 Å². The van der Waals surface area contributed by atoms with Crippen LogP contribution in [0.1, 0.15) is 18.6 Å². The van der Waals surface area contributed by atoms with Crippen LogP contribution in [0.25, 0.3) is 0 Å². The van der Waals surface area contributed by atoms with Gasteiger partial charge in [-0.05, 0) is 38.7 Å². The highest BCUT2D eigenvalue weighted by molar-refractivity contribution is 5.47. The molecule has 0 spiro atoms. The Bertz CT molecular complexity index is 306. The van der Waals surface area contributed by atoms with Gasteiger partial charge in [-0.15, -0.1) is 0 Å². The van der Waals surface area contributed by atoms with Gasteiger partial charge in [-0.2, -0.15) is 0 Å². The second kappa shape index (κ2) is 5.87. The van der Waals surface area contributed by atoms with Gasteiger partial charge in [0.15, 0.2) is 0 Å². The van der Waals surface area contributed by atoms with Crippen molar-refractivity contribution in [1.82, 2.24) is 4.90 Å². The van der Waals surface area contributed by atoms with Gasteiger partial charge in [0.25, 0.3) is 0 Å². The van der Waals surface area contributed by atoms with E-state index in [1.807, 2.05) is 12.1 Å². The van der Waals surface area contributed by atoms with E-state index in [1.54, 1.807) is 6.92 Å². The lowest BCUT2D eigenvalue weighted by Gasteiger charge is -2.22. The average molecular weight is 222 g/mol. The molecule has 16 heavy (non-hydrogen) atoms. The highest BCUT2D eigenvalue weighted by Gasteiger charge is 2.03. The minimum absolute atomic E-state index is 0.388. The second-order valence-corrected chi connectivity index (χ2v) is 4.49. The molecular formula is C13H22N2O. The molecule has 1 N–H and O–H groups in total. The summed E-state index contributed by atoms with van der Waals surface area (Å²) >= 11 is 0. The molecule has 0 amide bonds. The van der Waals surface area contributed by atoms with Crippen molar-refractivity contribution in [2.75, 3.05) is 39.1 Å². The summed E-state index contributed by atoms with van der Waals surface area (Å²) in [4.78, 5) is 4.38. The van der Waals surface area contributed by atoms with Crippen LogP contribution in [0.15, 0.2) is 24.3 Å². The van der Waals surface area contributed by atoms with E-state index in [0.29, 0.717) is 0 Å². The van der Waals surface area contributed by atoms with Gasteiger partial charge in [0.05, 0.1) is 6.10 Å². The Balaban J connectivity index is 2.59. The monoisotopic (exact) mass is 222 g/mol. The fraction of sp³-hybridized carbons (Fsp3) is 0.538. The number of benzene rings is 1. The maximum Gasteiger partial charge on any atom is 0.0761 e. The number of hydrogen-bond donors (Lipinski definition) is 1. The number of likely N-dealkylation sites (N-methyl/N-ethyl adjacent to an activating group) is 2. The fourth-order valence-corrected chi connectivity index (χ4v) is 1.49. The maximum atomic E-state index is 9.41. The van der Waals surface area contributed by atoms with Crippen molar-refractivity contribution in [3.8, 4) is 0 Å². The van der Waals surface area contributed by atoms with Gasteiger partial charge in [-0.3, -0.25) is 0 Å². The minimum Gasteiger partial charge on any atom is -0.389 e. The van der Waals surface area contributed by atoms with Gasteiger partial charge in [-0.25, -0.2) is 0 Å². The molecule has 1 aromatic carbocycles. The summed E-state index contributed by atoms with van der Waals surface area (Å²) < 4.78 is 0. The highest BCUT2D eigenvalue weighted by atomic mass is 16.3. The van der Waals surface area contributed by atoms with Gasteiger partial charge in [0.1, 0.15) is 0 Å². The van der Waals surface area contributed by atoms with E-state index in [-0.39, 0.29) is 6.10 Å². The third kappa shape index (κ3) is 3.83. The summed E-state index contributed by atoms with van der Waals surface area (Å²) in [7, 11) is 6.23. The van der Waals surface area contributed by atoms with Crippen molar-refractivity contribution in [2.24, 2.45) is 0 Å². The zero-order chi connectivity index (χ0) is 12.1. The highest BCUT2D eigenvalue weighted by Crippen LogP contribution is 2.17. The topological polar surface area (TPSA) is 26.7 Å². The van der Waals surface area contributed by atoms with Crippen LogP contribution >= 0.6 is 0 Å². The average Bonchev–Trinajstić information content (AvgIpc) is 2.26. The SMILES string of the molecule is C[C@H](O)c1ccc(N(C)CCN(C)C)cc1. The molecule has 0 aliphatic rings. The van der Waals surface area contributed by atoms with E-state index in [4.69, 9.17) is 0 Å². The van der Waals surface area contributed by atoms with Crippen LogP contribution in [0.2, 0.25) is 0 Å². The Morgan fingerprint density at radius 1 is 1.06 bits per heavy atom. The van der Waals surface area contributed by atoms with Crippen molar-refractivity contribution in [3.63, 3.8) is 0 Å². The van der Waals surface area contributed by atoms with Gasteiger partial charge < -0.3 is 14.9 Å². The third-order valence-corrected chi connectivity index (χ3v) is 2.70. The largest absolute Gasteiger partial charge is 0.389 e. The minimum atomic E-state index is -0.388. The van der Waals surface area contributed by atoms with Crippen molar-refractivity contribution < 1.29 is 5.11 Å². The lowest BCUT2D eigenvalue weighted by Crippen LogP contribution is -2.28. The number of aliphatic hydroxyl groups excluding tert-OH is 1. The van der Waals surface area contributed by atoms with Crippen LogP contribution in [0.5, 0.6) is 0 Å². The molecule has 0 fully saturated rings. The summed E-state index contributed by atoms with van der Waals surface area (Å²) in [5.74, 6) is 0. The Morgan fingerprint density at radius 2 is 1.62 bits per heavy atom. The van der Waals surface area contributed by atoms with Crippen LogP contribution in [0, 0.1) is 0 Å². The number of rotatable bonds is 5. The molecule has 90 valence electrons. The van der Waals surface area contributed by atoms with Gasteiger partial charge in [-0.1, -0.05) is 12.1 Å². The van der Waals surface area contributed by atoms with E-state index in [2.05, 4.69) is 43.1 Å². The Labute approximate surface area is 98.3 Å². The van der Waals surface area contributed by atoms with Crippen LogP contribution in [-0.2, 0) is 0 Å². The molecular weight excluding hydrogens is 200 g/mol. The number of hydrogen-bond acceptors (Lipinski definition) is 3. The molecule has 0 bridgehead atoms. The fourth-order valence-electron chi connectivity index (χ4n) is 1.49. The zero-order valence-corrected chi connectivity index (χ0v) is 10.6. The Morgan fingerprint density at radius 3 is 2.06 bits per heavy atom. The summed E-state index contributed by atoms with van der Waals surface area (Å²) in [5, 5.41) is 9.41. The first-order chi connectivity index (χ1) is 7.50. The van der Waals surface area contributed by atoms with Crippen LogP contribution < -0.4 is 4.90 Å². The molecule has 1 rings (SSSR count). The molecule has 0 unspecified atom stereocenters. The molecule has 0 saturated heterocycles. The lowest BCUT2D eigenvalue weighted by molar-refractivity contribution is 0.199. The lowest BCUT2D eigenvalue weighted by atomic mass is 10.1. The molecule has 0 saturated carbocycles. The molecule has 3 heteroatoms. The molecule has 3 nitrogen and oxygen atoms in total. The normalized spacial score (nSPS) is 12.9. The first-order valence-electron chi connectivity index (χ1n) is 5.64. The van der Waals surface area contributed by atoms with Gasteiger partial charge in [0.2, 0.25) is 0 Å².